The fraction of sp³-hybridized carbons (Fsp3) is 0.444. The molecular weight excluding hydrogens is 312 g/mol. The number of carbonyl (C=O) groups excluding carboxylic acids is 1. The first-order valence-electron chi connectivity index (χ1n) is 8.05. The van der Waals surface area contributed by atoms with Crippen LogP contribution in [0.4, 0.5) is 0 Å². The molecule has 1 aromatic carbocycles. The molecule has 0 unspecified atom stereocenters. The highest BCUT2D eigenvalue weighted by atomic mass is 35.5. The van der Waals surface area contributed by atoms with Gasteiger partial charge in [0.15, 0.2) is 0 Å². The number of nitrogens with zero attached hydrogens (tertiary/aromatic N) is 2. The average Bonchev–Trinajstić information content (AvgIpc) is 3.17. The van der Waals surface area contributed by atoms with Gasteiger partial charge >= 0.3 is 0 Å². The van der Waals surface area contributed by atoms with Gasteiger partial charge in [-0.3, -0.25) is 4.79 Å². The molecule has 1 aliphatic rings. The first kappa shape index (κ1) is 16.1. The second-order valence-electron chi connectivity index (χ2n) is 6.36. The maximum absolute atomic E-state index is 12.7. The third-order valence-corrected chi connectivity index (χ3v) is 4.55. The minimum atomic E-state index is 0.0334. The Labute approximate surface area is 141 Å². The van der Waals surface area contributed by atoms with Crippen molar-refractivity contribution in [1.29, 1.82) is 0 Å². The fourth-order valence-electron chi connectivity index (χ4n) is 2.98. The highest BCUT2D eigenvalue weighted by Gasteiger charge is 2.32. The van der Waals surface area contributed by atoms with Gasteiger partial charge in [0.25, 0.3) is 0 Å². The van der Waals surface area contributed by atoms with Crippen molar-refractivity contribution >= 4 is 17.5 Å². The quantitative estimate of drug-likeness (QED) is 0.835. The Morgan fingerprint density at radius 1 is 1.39 bits per heavy atom. The Bertz CT molecular complexity index is 679. The molecule has 2 heterocycles. The molecule has 1 aromatic heterocycles. The van der Waals surface area contributed by atoms with Crippen molar-refractivity contribution in [3.05, 3.63) is 52.4 Å². The van der Waals surface area contributed by atoms with Crippen molar-refractivity contribution in [3.63, 3.8) is 0 Å². The summed E-state index contributed by atoms with van der Waals surface area (Å²) in [5.41, 5.74) is 1.85. The SMILES string of the molecule is CC(C)c1cc([C@@H]2CCCN2C(=O)Cc2ccc(Cl)cc2)no1. The van der Waals surface area contributed by atoms with Crippen LogP contribution < -0.4 is 0 Å². The van der Waals surface area contributed by atoms with Gasteiger partial charge in [-0.05, 0) is 30.5 Å². The van der Waals surface area contributed by atoms with Crippen LogP contribution in [-0.2, 0) is 11.2 Å². The summed E-state index contributed by atoms with van der Waals surface area (Å²) in [6.45, 7) is 4.92. The molecule has 0 N–H and O–H groups in total. The average molecular weight is 333 g/mol. The molecule has 0 aliphatic carbocycles. The number of hydrogen-bond acceptors (Lipinski definition) is 3. The molecule has 0 spiro atoms. The minimum Gasteiger partial charge on any atom is -0.361 e. The van der Waals surface area contributed by atoms with Crippen LogP contribution in [0.25, 0.3) is 0 Å². The summed E-state index contributed by atoms with van der Waals surface area (Å²) in [6, 6.07) is 9.46. The van der Waals surface area contributed by atoms with E-state index >= 15 is 0 Å². The van der Waals surface area contributed by atoms with E-state index < -0.39 is 0 Å². The van der Waals surface area contributed by atoms with Crippen LogP contribution >= 0.6 is 11.6 Å². The van der Waals surface area contributed by atoms with E-state index in [4.69, 9.17) is 16.1 Å². The Hall–Kier alpha value is -1.81. The van der Waals surface area contributed by atoms with Gasteiger partial charge in [-0.25, -0.2) is 0 Å². The van der Waals surface area contributed by atoms with Crippen molar-refractivity contribution in [2.75, 3.05) is 6.54 Å². The molecule has 0 radical (unpaired) electrons. The van der Waals surface area contributed by atoms with Gasteiger partial charge in [0, 0.05) is 23.6 Å². The molecule has 0 saturated carbocycles. The monoisotopic (exact) mass is 332 g/mol. The van der Waals surface area contributed by atoms with Crippen molar-refractivity contribution in [2.24, 2.45) is 0 Å². The maximum atomic E-state index is 12.7. The van der Waals surface area contributed by atoms with Gasteiger partial charge in [-0.15, -0.1) is 0 Å². The number of benzene rings is 1. The van der Waals surface area contributed by atoms with Gasteiger partial charge in [0.2, 0.25) is 5.91 Å². The van der Waals surface area contributed by atoms with Gasteiger partial charge in [0.05, 0.1) is 12.5 Å². The Kier molecular flexibility index (Phi) is 4.71. The van der Waals surface area contributed by atoms with E-state index in [2.05, 4.69) is 19.0 Å². The Morgan fingerprint density at radius 2 is 2.13 bits per heavy atom. The smallest absolute Gasteiger partial charge is 0.227 e. The summed E-state index contributed by atoms with van der Waals surface area (Å²) in [4.78, 5) is 14.6. The van der Waals surface area contributed by atoms with Crippen LogP contribution in [0.15, 0.2) is 34.9 Å². The Balaban J connectivity index is 1.72. The zero-order valence-corrected chi connectivity index (χ0v) is 14.2. The second kappa shape index (κ2) is 6.75. The lowest BCUT2D eigenvalue weighted by Crippen LogP contribution is -2.32. The highest BCUT2D eigenvalue weighted by Crippen LogP contribution is 2.33. The van der Waals surface area contributed by atoms with Gasteiger partial charge in [-0.2, -0.15) is 0 Å². The topological polar surface area (TPSA) is 46.3 Å². The van der Waals surface area contributed by atoms with Crippen molar-refractivity contribution in [3.8, 4) is 0 Å². The van der Waals surface area contributed by atoms with Crippen molar-refractivity contribution in [1.82, 2.24) is 10.1 Å². The lowest BCUT2D eigenvalue weighted by molar-refractivity contribution is -0.131. The van der Waals surface area contributed by atoms with Crippen LogP contribution in [-0.4, -0.2) is 22.5 Å². The molecular formula is C18H21ClN2O2. The standard InChI is InChI=1S/C18H21ClN2O2/c1-12(2)17-11-15(20-23-17)16-4-3-9-21(16)18(22)10-13-5-7-14(19)8-6-13/h5-8,11-12,16H,3-4,9-10H2,1-2H3/t16-/m0/s1. The van der Waals surface area contributed by atoms with Gasteiger partial charge in [0.1, 0.15) is 11.5 Å². The third-order valence-electron chi connectivity index (χ3n) is 4.30. The first-order valence-corrected chi connectivity index (χ1v) is 8.43. The number of carbonyl (C=O) groups is 1. The lowest BCUT2D eigenvalue weighted by Gasteiger charge is -2.23. The van der Waals surface area contributed by atoms with Gasteiger partial charge < -0.3 is 9.42 Å². The minimum absolute atomic E-state index is 0.0334. The van der Waals surface area contributed by atoms with Crippen LogP contribution in [0.5, 0.6) is 0 Å². The van der Waals surface area contributed by atoms with E-state index in [9.17, 15) is 4.79 Å². The molecule has 1 saturated heterocycles. The summed E-state index contributed by atoms with van der Waals surface area (Å²) in [5.74, 6) is 1.30. The summed E-state index contributed by atoms with van der Waals surface area (Å²) >= 11 is 5.89. The van der Waals surface area contributed by atoms with E-state index in [1.165, 1.54) is 0 Å². The number of hydrogen-bond donors (Lipinski definition) is 0. The maximum Gasteiger partial charge on any atom is 0.227 e. The molecule has 0 bridgehead atoms. The predicted octanol–water partition coefficient (Wildman–Crippen LogP) is 4.36. The zero-order valence-electron chi connectivity index (χ0n) is 13.5. The molecule has 122 valence electrons. The van der Waals surface area contributed by atoms with Crippen molar-refractivity contribution in [2.45, 2.75) is 45.1 Å². The van der Waals surface area contributed by atoms with Crippen LogP contribution in [0.2, 0.25) is 5.02 Å². The van der Waals surface area contributed by atoms with E-state index in [-0.39, 0.29) is 11.9 Å². The number of rotatable bonds is 4. The fourth-order valence-corrected chi connectivity index (χ4v) is 3.11. The summed E-state index contributed by atoms with van der Waals surface area (Å²) in [5, 5.41) is 4.87. The van der Waals surface area contributed by atoms with E-state index in [1.807, 2.05) is 35.2 Å². The van der Waals surface area contributed by atoms with E-state index in [0.29, 0.717) is 17.4 Å². The molecule has 4 nitrogen and oxygen atoms in total. The first-order chi connectivity index (χ1) is 11.0. The lowest BCUT2D eigenvalue weighted by atomic mass is 10.1. The van der Waals surface area contributed by atoms with E-state index in [1.54, 1.807) is 0 Å². The molecule has 23 heavy (non-hydrogen) atoms. The number of likely N-dealkylation sites (tertiary alicyclic amines) is 1. The molecule has 1 amide bonds. The molecule has 1 atom stereocenters. The summed E-state index contributed by atoms with van der Waals surface area (Å²) in [6.07, 6.45) is 2.33. The predicted molar refractivity (Wildman–Crippen MR) is 89.4 cm³/mol. The number of halogens is 1. The number of aromatic nitrogens is 1. The zero-order chi connectivity index (χ0) is 16.4. The second-order valence-corrected chi connectivity index (χ2v) is 6.79. The number of amides is 1. The van der Waals surface area contributed by atoms with Crippen LogP contribution in [0, 0.1) is 0 Å². The summed E-state index contributed by atoms with van der Waals surface area (Å²) in [7, 11) is 0. The van der Waals surface area contributed by atoms with Gasteiger partial charge in [-0.1, -0.05) is 42.7 Å². The van der Waals surface area contributed by atoms with E-state index in [0.717, 1.165) is 36.4 Å². The normalized spacial score (nSPS) is 17.9. The molecule has 3 rings (SSSR count). The van der Waals surface area contributed by atoms with Crippen molar-refractivity contribution < 1.29 is 9.32 Å². The highest BCUT2D eigenvalue weighted by molar-refractivity contribution is 6.30. The summed E-state index contributed by atoms with van der Waals surface area (Å²) < 4.78 is 5.40. The molecule has 2 aromatic rings. The largest absolute Gasteiger partial charge is 0.361 e. The molecule has 1 fully saturated rings. The Morgan fingerprint density at radius 3 is 2.78 bits per heavy atom. The molecule has 5 heteroatoms. The van der Waals surface area contributed by atoms with Crippen LogP contribution in [0.3, 0.4) is 0 Å². The molecule has 1 aliphatic heterocycles. The van der Waals surface area contributed by atoms with Crippen LogP contribution in [0.1, 0.15) is 55.7 Å². The third kappa shape index (κ3) is 3.58.